The molecule has 3 aromatic rings. The van der Waals surface area contributed by atoms with Gasteiger partial charge in [0.1, 0.15) is 17.6 Å². The Labute approximate surface area is 186 Å². The predicted octanol–water partition coefficient (Wildman–Crippen LogP) is 4.30. The molecule has 0 radical (unpaired) electrons. The first-order chi connectivity index (χ1) is 14.6. The first-order valence-corrected chi connectivity index (χ1v) is 10.8. The van der Waals surface area contributed by atoms with Crippen LogP contribution in [0.3, 0.4) is 0 Å². The molecule has 1 atom stereocenters. The van der Waals surface area contributed by atoms with Crippen LogP contribution in [0.1, 0.15) is 53.4 Å². The zero-order chi connectivity index (χ0) is 22.8. The van der Waals surface area contributed by atoms with E-state index >= 15 is 0 Å². The van der Waals surface area contributed by atoms with Gasteiger partial charge in [-0.1, -0.05) is 32.9 Å². The van der Waals surface area contributed by atoms with Crippen LogP contribution in [0.25, 0.3) is 0 Å². The number of methoxy groups -OCH3 is 1. The van der Waals surface area contributed by atoms with E-state index in [4.69, 9.17) is 4.74 Å². The molecule has 2 heterocycles. The Kier molecular flexibility index (Phi) is 6.50. The summed E-state index contributed by atoms with van der Waals surface area (Å²) in [7, 11) is 3.49. The first-order valence-electron chi connectivity index (χ1n) is 9.94. The van der Waals surface area contributed by atoms with Crippen molar-refractivity contribution in [3.63, 3.8) is 0 Å². The number of thiophene rings is 1. The number of rotatable bonds is 6. The van der Waals surface area contributed by atoms with Gasteiger partial charge in [0.2, 0.25) is 5.91 Å². The van der Waals surface area contributed by atoms with Crippen molar-refractivity contribution in [3.8, 4) is 5.75 Å². The molecule has 31 heavy (non-hydrogen) atoms. The lowest BCUT2D eigenvalue weighted by molar-refractivity contribution is -0.123. The predicted molar refractivity (Wildman–Crippen MR) is 123 cm³/mol. The summed E-state index contributed by atoms with van der Waals surface area (Å²) in [6.07, 6.45) is 3.54. The molecule has 0 saturated carbocycles. The van der Waals surface area contributed by atoms with Crippen LogP contribution >= 0.6 is 11.3 Å². The highest BCUT2D eigenvalue weighted by Crippen LogP contribution is 2.30. The molecule has 8 heteroatoms. The third-order valence-electron chi connectivity index (χ3n) is 4.86. The fourth-order valence-corrected chi connectivity index (χ4v) is 4.01. The van der Waals surface area contributed by atoms with E-state index in [1.165, 1.54) is 11.3 Å². The molecule has 3 rings (SSSR count). The van der Waals surface area contributed by atoms with Gasteiger partial charge in [-0.3, -0.25) is 9.59 Å². The summed E-state index contributed by atoms with van der Waals surface area (Å²) in [6.45, 7) is 7.41. The first kappa shape index (κ1) is 22.6. The number of nitrogens with one attached hydrogen (secondary N) is 2. The van der Waals surface area contributed by atoms with Crippen LogP contribution in [0.5, 0.6) is 5.75 Å². The number of nitrogens with zero attached hydrogens (tertiary/aromatic N) is 2. The highest BCUT2D eigenvalue weighted by molar-refractivity contribution is 7.18. The third kappa shape index (κ3) is 5.14. The van der Waals surface area contributed by atoms with Crippen LogP contribution < -0.4 is 15.4 Å². The second kappa shape index (κ2) is 8.93. The second-order valence-corrected chi connectivity index (χ2v) is 9.46. The van der Waals surface area contributed by atoms with E-state index in [1.807, 2.05) is 75.8 Å². The molecule has 0 spiro atoms. The van der Waals surface area contributed by atoms with Crippen molar-refractivity contribution in [2.24, 2.45) is 12.5 Å². The van der Waals surface area contributed by atoms with E-state index in [0.717, 1.165) is 11.1 Å². The highest BCUT2D eigenvalue weighted by Gasteiger charge is 2.26. The van der Waals surface area contributed by atoms with Gasteiger partial charge in [0.25, 0.3) is 5.91 Å². The van der Waals surface area contributed by atoms with E-state index in [9.17, 15) is 9.59 Å². The Balaban J connectivity index is 1.89. The largest absolute Gasteiger partial charge is 0.497 e. The fourth-order valence-electron chi connectivity index (χ4n) is 3.04. The van der Waals surface area contributed by atoms with E-state index in [-0.39, 0.29) is 11.8 Å². The lowest BCUT2D eigenvalue weighted by Crippen LogP contribution is -2.31. The Bertz CT molecular complexity index is 1090. The number of carbonyl (C=O) groups excluding carboxylic acids is 2. The van der Waals surface area contributed by atoms with Crippen LogP contribution in [-0.2, 0) is 11.8 Å². The van der Waals surface area contributed by atoms with Gasteiger partial charge < -0.3 is 19.9 Å². The summed E-state index contributed by atoms with van der Waals surface area (Å²) in [5.74, 6) is 1.08. The van der Waals surface area contributed by atoms with Crippen molar-refractivity contribution in [1.29, 1.82) is 0 Å². The highest BCUT2D eigenvalue weighted by atomic mass is 32.1. The van der Waals surface area contributed by atoms with Crippen LogP contribution in [0, 0.1) is 12.3 Å². The van der Waals surface area contributed by atoms with Gasteiger partial charge in [-0.15, -0.1) is 11.3 Å². The molecule has 0 saturated heterocycles. The van der Waals surface area contributed by atoms with E-state index in [0.29, 0.717) is 21.5 Å². The molecule has 1 unspecified atom stereocenters. The monoisotopic (exact) mass is 440 g/mol. The van der Waals surface area contributed by atoms with Crippen LogP contribution in [0.4, 0.5) is 5.00 Å². The molecular formula is C23H28N4O3S. The summed E-state index contributed by atoms with van der Waals surface area (Å²) in [5, 5.41) is 6.65. The molecule has 2 N–H and O–H groups in total. The SMILES string of the molecule is COc1cccc(C(NC(=O)c2sc(NC(=O)C(C)(C)C)cc2C)c2nccn2C)c1. The van der Waals surface area contributed by atoms with E-state index in [1.54, 1.807) is 13.3 Å². The lowest BCUT2D eigenvalue weighted by atomic mass is 9.96. The molecular weight excluding hydrogens is 412 g/mol. The van der Waals surface area contributed by atoms with Gasteiger partial charge in [0.15, 0.2) is 0 Å². The number of anilines is 1. The molecule has 2 amide bonds. The minimum absolute atomic E-state index is 0.0945. The van der Waals surface area contributed by atoms with Crippen LogP contribution in [-0.4, -0.2) is 28.5 Å². The summed E-state index contributed by atoms with van der Waals surface area (Å²) in [4.78, 5) is 30.5. The maximum atomic E-state index is 13.2. The van der Waals surface area contributed by atoms with Gasteiger partial charge in [-0.2, -0.15) is 0 Å². The Morgan fingerprint density at radius 1 is 1.23 bits per heavy atom. The number of amides is 2. The number of hydrogen-bond donors (Lipinski definition) is 2. The normalized spacial score (nSPS) is 12.3. The standard InChI is InChI=1S/C23H28N4O3S/c1-14-12-17(25-22(29)23(2,3)4)31-19(14)21(28)26-18(20-24-10-11-27(20)5)15-8-7-9-16(13-15)30-6/h7-13,18H,1-6H3,(H,25,29)(H,26,28). The van der Waals surface area contributed by atoms with Crippen molar-refractivity contribution in [3.05, 3.63) is 64.6 Å². The number of carbonyl (C=O) groups is 2. The molecule has 1 aromatic carbocycles. The van der Waals surface area contributed by atoms with Crippen molar-refractivity contribution in [2.75, 3.05) is 12.4 Å². The van der Waals surface area contributed by atoms with Gasteiger partial charge in [-0.05, 0) is 36.2 Å². The molecule has 2 aromatic heterocycles. The second-order valence-electron chi connectivity index (χ2n) is 8.41. The molecule has 164 valence electrons. The number of hydrogen-bond acceptors (Lipinski definition) is 5. The summed E-state index contributed by atoms with van der Waals surface area (Å²) >= 11 is 1.26. The van der Waals surface area contributed by atoms with Gasteiger partial charge in [0.05, 0.1) is 17.0 Å². The van der Waals surface area contributed by atoms with Crippen molar-refractivity contribution in [1.82, 2.24) is 14.9 Å². The molecule has 0 aliphatic carbocycles. The fraction of sp³-hybridized carbons (Fsp3) is 0.348. The van der Waals surface area contributed by atoms with Gasteiger partial charge >= 0.3 is 0 Å². The number of benzene rings is 1. The summed E-state index contributed by atoms with van der Waals surface area (Å²) in [5.41, 5.74) is 1.14. The van der Waals surface area contributed by atoms with Gasteiger partial charge in [-0.25, -0.2) is 4.98 Å². The maximum absolute atomic E-state index is 13.2. The quantitative estimate of drug-likeness (QED) is 0.598. The minimum atomic E-state index is -0.518. The van der Waals surface area contributed by atoms with E-state index < -0.39 is 11.5 Å². The average molecular weight is 441 g/mol. The Morgan fingerprint density at radius 3 is 2.58 bits per heavy atom. The lowest BCUT2D eigenvalue weighted by Gasteiger charge is -2.19. The van der Waals surface area contributed by atoms with Crippen molar-refractivity contribution in [2.45, 2.75) is 33.7 Å². The number of ether oxygens (including phenoxy) is 1. The Morgan fingerprint density at radius 2 is 1.97 bits per heavy atom. The Hall–Kier alpha value is -3.13. The number of imidazole rings is 1. The summed E-state index contributed by atoms with van der Waals surface area (Å²) < 4.78 is 7.23. The minimum Gasteiger partial charge on any atom is -0.497 e. The summed E-state index contributed by atoms with van der Waals surface area (Å²) in [6, 6.07) is 8.91. The molecule has 0 aliphatic heterocycles. The van der Waals surface area contributed by atoms with Crippen LogP contribution in [0.15, 0.2) is 42.7 Å². The van der Waals surface area contributed by atoms with Gasteiger partial charge in [0, 0.05) is 24.9 Å². The molecule has 0 aliphatic rings. The smallest absolute Gasteiger partial charge is 0.262 e. The third-order valence-corrected chi connectivity index (χ3v) is 6.01. The molecule has 7 nitrogen and oxygen atoms in total. The van der Waals surface area contributed by atoms with Crippen LogP contribution in [0.2, 0.25) is 0 Å². The van der Waals surface area contributed by atoms with Crippen molar-refractivity contribution >= 4 is 28.2 Å². The molecule has 0 fully saturated rings. The van der Waals surface area contributed by atoms with Crippen molar-refractivity contribution < 1.29 is 14.3 Å². The zero-order valence-electron chi connectivity index (χ0n) is 18.6. The average Bonchev–Trinajstić information content (AvgIpc) is 3.30. The number of aryl methyl sites for hydroxylation is 2. The topological polar surface area (TPSA) is 85.2 Å². The molecule has 0 bridgehead atoms. The van der Waals surface area contributed by atoms with E-state index in [2.05, 4.69) is 15.6 Å². The number of aromatic nitrogens is 2. The zero-order valence-corrected chi connectivity index (χ0v) is 19.5. The maximum Gasteiger partial charge on any atom is 0.262 e.